The van der Waals surface area contributed by atoms with Gasteiger partial charge in [0.05, 0.1) is 0 Å². The third-order valence-electron chi connectivity index (χ3n) is 1.63. The fraction of sp³-hybridized carbons (Fsp3) is 0.625. The molecule has 1 unspecified atom stereocenters. The SMILES string of the molecule is C=CCC1CCCC(=O)O1. The van der Waals surface area contributed by atoms with Gasteiger partial charge in [-0.3, -0.25) is 4.79 Å². The van der Waals surface area contributed by atoms with Crippen molar-refractivity contribution in [2.45, 2.75) is 31.8 Å². The van der Waals surface area contributed by atoms with Gasteiger partial charge >= 0.3 is 5.97 Å². The molecule has 0 aromatic rings. The minimum Gasteiger partial charge on any atom is -0.462 e. The molecule has 2 heteroatoms. The van der Waals surface area contributed by atoms with E-state index in [9.17, 15) is 4.79 Å². The Bertz CT molecular complexity index is 140. The summed E-state index contributed by atoms with van der Waals surface area (Å²) in [7, 11) is 0. The Balaban J connectivity index is 2.31. The van der Waals surface area contributed by atoms with E-state index < -0.39 is 0 Å². The maximum absolute atomic E-state index is 10.7. The second-order valence-electron chi connectivity index (χ2n) is 2.53. The molecular weight excluding hydrogens is 128 g/mol. The average Bonchev–Trinajstić information content (AvgIpc) is 1.88. The van der Waals surface area contributed by atoms with Gasteiger partial charge in [-0.05, 0) is 12.8 Å². The zero-order valence-corrected chi connectivity index (χ0v) is 6.01. The van der Waals surface area contributed by atoms with Crippen molar-refractivity contribution in [1.29, 1.82) is 0 Å². The zero-order valence-electron chi connectivity index (χ0n) is 6.01. The van der Waals surface area contributed by atoms with Crippen LogP contribution in [0.5, 0.6) is 0 Å². The molecule has 0 aliphatic carbocycles. The minimum absolute atomic E-state index is 0.0573. The van der Waals surface area contributed by atoms with E-state index >= 15 is 0 Å². The Hall–Kier alpha value is -0.790. The summed E-state index contributed by atoms with van der Waals surface area (Å²) in [6.45, 7) is 3.59. The lowest BCUT2D eigenvalue weighted by atomic mass is 10.1. The van der Waals surface area contributed by atoms with Crippen LogP contribution >= 0.6 is 0 Å². The summed E-state index contributed by atoms with van der Waals surface area (Å²) in [5.41, 5.74) is 0. The standard InChI is InChI=1S/C8H12O2/c1-2-4-7-5-3-6-8(9)10-7/h2,7H,1,3-6H2. The number of cyclic esters (lactones) is 1. The van der Waals surface area contributed by atoms with E-state index in [1.54, 1.807) is 6.08 Å². The van der Waals surface area contributed by atoms with E-state index in [0.29, 0.717) is 6.42 Å². The largest absolute Gasteiger partial charge is 0.462 e. The van der Waals surface area contributed by atoms with Crippen molar-refractivity contribution >= 4 is 5.97 Å². The number of ether oxygens (including phenoxy) is 1. The van der Waals surface area contributed by atoms with Crippen LogP contribution in [0.3, 0.4) is 0 Å². The van der Waals surface area contributed by atoms with Crippen LogP contribution in [0.2, 0.25) is 0 Å². The quantitative estimate of drug-likeness (QED) is 0.430. The Morgan fingerprint density at radius 1 is 1.80 bits per heavy atom. The van der Waals surface area contributed by atoms with Crippen LogP contribution in [0.4, 0.5) is 0 Å². The molecule has 0 radical (unpaired) electrons. The molecule has 1 rings (SSSR count). The van der Waals surface area contributed by atoms with E-state index in [0.717, 1.165) is 19.3 Å². The summed E-state index contributed by atoms with van der Waals surface area (Å²) in [5.74, 6) is -0.0573. The van der Waals surface area contributed by atoms with Crippen molar-refractivity contribution in [3.05, 3.63) is 12.7 Å². The predicted octanol–water partition coefficient (Wildman–Crippen LogP) is 1.66. The zero-order chi connectivity index (χ0) is 7.40. The van der Waals surface area contributed by atoms with Crippen molar-refractivity contribution in [3.63, 3.8) is 0 Å². The lowest BCUT2D eigenvalue weighted by Crippen LogP contribution is -2.22. The van der Waals surface area contributed by atoms with E-state index in [2.05, 4.69) is 6.58 Å². The summed E-state index contributed by atoms with van der Waals surface area (Å²) < 4.78 is 5.02. The molecule has 0 saturated carbocycles. The van der Waals surface area contributed by atoms with E-state index in [1.165, 1.54) is 0 Å². The molecular formula is C8H12O2. The van der Waals surface area contributed by atoms with Gasteiger partial charge in [0.15, 0.2) is 0 Å². The number of carbonyl (C=O) groups is 1. The number of rotatable bonds is 2. The first-order valence-corrected chi connectivity index (χ1v) is 3.63. The van der Waals surface area contributed by atoms with Crippen LogP contribution in [0.25, 0.3) is 0 Å². The Morgan fingerprint density at radius 2 is 2.60 bits per heavy atom. The van der Waals surface area contributed by atoms with Crippen LogP contribution in [0, 0.1) is 0 Å². The van der Waals surface area contributed by atoms with Gasteiger partial charge in [0, 0.05) is 12.8 Å². The predicted molar refractivity (Wildman–Crippen MR) is 38.5 cm³/mol. The lowest BCUT2D eigenvalue weighted by Gasteiger charge is -2.20. The summed E-state index contributed by atoms with van der Waals surface area (Å²) in [5, 5.41) is 0. The number of esters is 1. The fourth-order valence-electron chi connectivity index (χ4n) is 1.13. The van der Waals surface area contributed by atoms with Gasteiger partial charge in [0.25, 0.3) is 0 Å². The molecule has 1 aliphatic rings. The minimum atomic E-state index is -0.0573. The van der Waals surface area contributed by atoms with Crippen molar-refractivity contribution in [1.82, 2.24) is 0 Å². The molecule has 0 spiro atoms. The summed E-state index contributed by atoms with van der Waals surface area (Å²) in [6.07, 6.45) is 5.26. The maximum atomic E-state index is 10.7. The maximum Gasteiger partial charge on any atom is 0.306 e. The molecule has 0 N–H and O–H groups in total. The van der Waals surface area contributed by atoms with Crippen molar-refractivity contribution in [3.8, 4) is 0 Å². The van der Waals surface area contributed by atoms with Gasteiger partial charge in [-0.25, -0.2) is 0 Å². The van der Waals surface area contributed by atoms with Crippen molar-refractivity contribution in [2.75, 3.05) is 0 Å². The van der Waals surface area contributed by atoms with Gasteiger partial charge in [0.2, 0.25) is 0 Å². The first kappa shape index (κ1) is 7.32. The number of hydrogen-bond acceptors (Lipinski definition) is 2. The molecule has 0 bridgehead atoms. The van der Waals surface area contributed by atoms with Gasteiger partial charge in [-0.1, -0.05) is 6.08 Å². The first-order chi connectivity index (χ1) is 4.83. The number of hydrogen-bond donors (Lipinski definition) is 0. The normalized spacial score (nSPS) is 25.6. The summed E-state index contributed by atoms with van der Waals surface area (Å²) >= 11 is 0. The molecule has 1 saturated heterocycles. The Morgan fingerprint density at radius 3 is 3.20 bits per heavy atom. The Kier molecular flexibility index (Phi) is 2.49. The van der Waals surface area contributed by atoms with Crippen LogP contribution in [-0.2, 0) is 9.53 Å². The molecule has 2 nitrogen and oxygen atoms in total. The molecule has 1 fully saturated rings. The van der Waals surface area contributed by atoms with Crippen LogP contribution < -0.4 is 0 Å². The smallest absolute Gasteiger partial charge is 0.306 e. The van der Waals surface area contributed by atoms with E-state index in [1.807, 2.05) is 0 Å². The second kappa shape index (κ2) is 3.40. The lowest BCUT2D eigenvalue weighted by molar-refractivity contribution is -0.153. The molecule has 1 aliphatic heterocycles. The Labute approximate surface area is 60.9 Å². The molecule has 0 amide bonds. The third-order valence-corrected chi connectivity index (χ3v) is 1.63. The third kappa shape index (κ3) is 1.87. The van der Waals surface area contributed by atoms with Crippen LogP contribution in [0.1, 0.15) is 25.7 Å². The van der Waals surface area contributed by atoms with Crippen LogP contribution in [0.15, 0.2) is 12.7 Å². The van der Waals surface area contributed by atoms with E-state index in [4.69, 9.17) is 4.74 Å². The van der Waals surface area contributed by atoms with Crippen molar-refractivity contribution in [2.24, 2.45) is 0 Å². The van der Waals surface area contributed by atoms with Gasteiger partial charge in [-0.2, -0.15) is 0 Å². The molecule has 10 heavy (non-hydrogen) atoms. The topological polar surface area (TPSA) is 26.3 Å². The summed E-state index contributed by atoms with van der Waals surface area (Å²) in [4.78, 5) is 10.7. The molecule has 1 heterocycles. The average molecular weight is 140 g/mol. The molecule has 56 valence electrons. The first-order valence-electron chi connectivity index (χ1n) is 3.63. The van der Waals surface area contributed by atoms with Gasteiger partial charge < -0.3 is 4.74 Å². The van der Waals surface area contributed by atoms with E-state index in [-0.39, 0.29) is 12.1 Å². The van der Waals surface area contributed by atoms with Crippen molar-refractivity contribution < 1.29 is 9.53 Å². The molecule has 0 aromatic carbocycles. The van der Waals surface area contributed by atoms with Crippen LogP contribution in [-0.4, -0.2) is 12.1 Å². The highest BCUT2D eigenvalue weighted by molar-refractivity contribution is 5.70. The fourth-order valence-corrected chi connectivity index (χ4v) is 1.13. The van der Waals surface area contributed by atoms with Gasteiger partial charge in [0.1, 0.15) is 6.10 Å². The number of carbonyl (C=O) groups excluding carboxylic acids is 1. The highest BCUT2D eigenvalue weighted by Crippen LogP contribution is 2.16. The monoisotopic (exact) mass is 140 g/mol. The van der Waals surface area contributed by atoms with Gasteiger partial charge in [-0.15, -0.1) is 6.58 Å². The highest BCUT2D eigenvalue weighted by atomic mass is 16.5. The highest BCUT2D eigenvalue weighted by Gasteiger charge is 2.18. The second-order valence-corrected chi connectivity index (χ2v) is 2.53. The summed E-state index contributed by atoms with van der Waals surface area (Å²) in [6, 6.07) is 0. The molecule has 0 aromatic heterocycles. The molecule has 1 atom stereocenters.